The lowest BCUT2D eigenvalue weighted by Gasteiger charge is -2.23. The number of carbonyl (C=O) groups excluding carboxylic acids is 2. The number of carbonyl (C=O) groups is 2. The molecule has 7 nitrogen and oxygen atoms in total. The lowest BCUT2D eigenvalue weighted by atomic mass is 10.2. The zero-order valence-electron chi connectivity index (χ0n) is 15.4. The normalized spacial score (nSPS) is 16.2. The number of thiazole rings is 1. The summed E-state index contributed by atoms with van der Waals surface area (Å²) >= 11 is 1.34. The van der Waals surface area contributed by atoms with E-state index in [-0.39, 0.29) is 13.2 Å². The highest BCUT2D eigenvalue weighted by atomic mass is 32.1. The fourth-order valence-electron chi connectivity index (χ4n) is 3.04. The summed E-state index contributed by atoms with van der Waals surface area (Å²) in [6.45, 7) is 2.00. The fourth-order valence-corrected chi connectivity index (χ4v) is 4.15. The first kappa shape index (κ1) is 18.2. The number of hydrogen-bond donors (Lipinski definition) is 0. The summed E-state index contributed by atoms with van der Waals surface area (Å²) in [5.41, 5.74) is 1.84. The van der Waals surface area contributed by atoms with Crippen LogP contribution in [0, 0.1) is 6.92 Å². The molecule has 1 aliphatic heterocycles. The lowest BCUT2D eigenvalue weighted by Crippen LogP contribution is -2.37. The molecule has 2 heterocycles. The topological polar surface area (TPSA) is 79.1 Å². The van der Waals surface area contributed by atoms with E-state index in [1.807, 2.05) is 37.3 Å². The van der Waals surface area contributed by atoms with Gasteiger partial charge < -0.3 is 18.8 Å². The maximum Gasteiger partial charge on any atom is 0.325 e. The second-order valence-corrected chi connectivity index (χ2v) is 7.29. The van der Waals surface area contributed by atoms with Crippen LogP contribution in [0.5, 0.6) is 11.5 Å². The minimum atomic E-state index is -0.840. The molecule has 1 aromatic heterocycles. The number of amides is 1. The number of aryl methyl sites for hydroxylation is 1. The fraction of sp³-hybridized carbons (Fsp3) is 0.250. The Morgan fingerprint density at radius 3 is 2.79 bits per heavy atom. The average molecular weight is 398 g/mol. The highest BCUT2D eigenvalue weighted by Gasteiger charge is 2.27. The number of fused-ring (bicyclic) bond motifs is 2. The Labute approximate surface area is 164 Å². The number of nitrogens with zero attached hydrogens (tertiary/aromatic N) is 2. The summed E-state index contributed by atoms with van der Waals surface area (Å²) in [5.74, 6) is 0.238. The van der Waals surface area contributed by atoms with Gasteiger partial charge in [-0.15, -0.1) is 0 Å². The van der Waals surface area contributed by atoms with Crippen LogP contribution in [0.15, 0.2) is 47.5 Å². The van der Waals surface area contributed by atoms with Gasteiger partial charge in [0.15, 0.2) is 16.3 Å². The van der Waals surface area contributed by atoms with E-state index < -0.39 is 18.0 Å². The van der Waals surface area contributed by atoms with Gasteiger partial charge in [0.05, 0.1) is 17.3 Å². The monoisotopic (exact) mass is 398 g/mol. The van der Waals surface area contributed by atoms with Gasteiger partial charge in [0.2, 0.25) is 6.10 Å². The number of esters is 1. The molecule has 0 spiro atoms. The van der Waals surface area contributed by atoms with Gasteiger partial charge >= 0.3 is 5.97 Å². The van der Waals surface area contributed by atoms with E-state index in [1.165, 1.54) is 18.4 Å². The molecule has 0 saturated heterocycles. The minimum Gasteiger partial charge on any atom is -0.485 e. The van der Waals surface area contributed by atoms with Crippen molar-refractivity contribution >= 4 is 33.4 Å². The van der Waals surface area contributed by atoms with Crippen LogP contribution < -0.4 is 14.3 Å². The molecule has 0 saturated carbocycles. The Balaban J connectivity index is 1.73. The van der Waals surface area contributed by atoms with E-state index in [0.717, 1.165) is 15.8 Å². The van der Waals surface area contributed by atoms with Gasteiger partial charge in [-0.1, -0.05) is 35.6 Å². The molecule has 3 aromatic rings. The van der Waals surface area contributed by atoms with E-state index in [4.69, 9.17) is 14.2 Å². The van der Waals surface area contributed by atoms with Gasteiger partial charge in [-0.3, -0.25) is 9.59 Å². The molecule has 1 amide bonds. The molecule has 0 aliphatic carbocycles. The maximum atomic E-state index is 12.8. The van der Waals surface area contributed by atoms with Crippen LogP contribution in [0.25, 0.3) is 10.2 Å². The molecule has 4 rings (SSSR count). The smallest absolute Gasteiger partial charge is 0.325 e. The Morgan fingerprint density at radius 2 is 2.00 bits per heavy atom. The molecule has 1 atom stereocenters. The number of methoxy groups -OCH3 is 1. The van der Waals surface area contributed by atoms with Crippen molar-refractivity contribution in [1.29, 1.82) is 0 Å². The Bertz CT molecular complexity index is 1130. The molecule has 0 radical (unpaired) electrons. The summed E-state index contributed by atoms with van der Waals surface area (Å²) in [4.78, 5) is 29.3. The van der Waals surface area contributed by atoms with Crippen molar-refractivity contribution in [3.63, 3.8) is 0 Å². The van der Waals surface area contributed by atoms with Crippen LogP contribution in [-0.2, 0) is 20.9 Å². The Morgan fingerprint density at radius 1 is 1.21 bits per heavy atom. The Kier molecular flexibility index (Phi) is 4.87. The van der Waals surface area contributed by atoms with Crippen molar-refractivity contribution in [2.75, 3.05) is 13.7 Å². The number of rotatable bonds is 3. The van der Waals surface area contributed by atoms with Gasteiger partial charge in [0.1, 0.15) is 13.2 Å². The number of benzene rings is 2. The second kappa shape index (κ2) is 7.47. The summed E-state index contributed by atoms with van der Waals surface area (Å²) in [7, 11) is 1.33. The first-order valence-electron chi connectivity index (χ1n) is 8.69. The van der Waals surface area contributed by atoms with Crippen LogP contribution >= 0.6 is 11.3 Å². The molecule has 0 fully saturated rings. The van der Waals surface area contributed by atoms with Gasteiger partial charge in [0, 0.05) is 0 Å². The van der Waals surface area contributed by atoms with Crippen LogP contribution in [0.2, 0.25) is 0 Å². The van der Waals surface area contributed by atoms with Crippen LogP contribution in [0.4, 0.5) is 0 Å². The highest BCUT2D eigenvalue weighted by Crippen LogP contribution is 2.31. The van der Waals surface area contributed by atoms with Crippen molar-refractivity contribution in [3.8, 4) is 11.5 Å². The summed E-state index contributed by atoms with van der Waals surface area (Å²) in [6, 6.07) is 13.0. The van der Waals surface area contributed by atoms with Gasteiger partial charge in [-0.05, 0) is 30.7 Å². The maximum absolute atomic E-state index is 12.8. The molecular weight excluding hydrogens is 380 g/mol. The lowest BCUT2D eigenvalue weighted by molar-refractivity contribution is -0.141. The molecule has 144 valence electrons. The minimum absolute atomic E-state index is 0.0294. The molecule has 1 aliphatic rings. The van der Waals surface area contributed by atoms with E-state index in [9.17, 15) is 9.59 Å². The van der Waals surface area contributed by atoms with Crippen molar-refractivity contribution in [2.24, 2.45) is 4.99 Å². The first-order chi connectivity index (χ1) is 13.6. The van der Waals surface area contributed by atoms with Gasteiger partial charge in [-0.25, -0.2) is 0 Å². The molecule has 0 N–H and O–H groups in total. The summed E-state index contributed by atoms with van der Waals surface area (Å²) < 4.78 is 18.8. The van der Waals surface area contributed by atoms with E-state index >= 15 is 0 Å². The Hall–Kier alpha value is -3.13. The quantitative estimate of drug-likeness (QED) is 0.633. The number of ether oxygens (including phenoxy) is 3. The molecular formula is C20H18N2O5S. The van der Waals surface area contributed by atoms with Crippen LogP contribution in [0.3, 0.4) is 0 Å². The van der Waals surface area contributed by atoms with Crippen molar-refractivity contribution in [1.82, 2.24) is 4.57 Å². The SMILES string of the molecule is COC(=O)Cn1c(=NC(=O)[C@H]2COc3ccccc3O2)sc2cccc(C)c21. The van der Waals surface area contributed by atoms with Crippen LogP contribution in [-0.4, -0.2) is 36.3 Å². The zero-order valence-corrected chi connectivity index (χ0v) is 16.2. The summed E-state index contributed by atoms with van der Waals surface area (Å²) in [5, 5.41) is 0. The van der Waals surface area contributed by atoms with Crippen molar-refractivity contribution in [2.45, 2.75) is 19.6 Å². The third-order valence-corrected chi connectivity index (χ3v) is 5.45. The predicted molar refractivity (Wildman–Crippen MR) is 103 cm³/mol. The molecule has 0 bridgehead atoms. The first-order valence-corrected chi connectivity index (χ1v) is 9.51. The molecule has 2 aromatic carbocycles. The van der Waals surface area contributed by atoms with E-state index in [1.54, 1.807) is 16.7 Å². The van der Waals surface area contributed by atoms with E-state index in [2.05, 4.69) is 4.99 Å². The molecule has 8 heteroatoms. The number of hydrogen-bond acceptors (Lipinski definition) is 6. The molecule has 0 unspecified atom stereocenters. The zero-order chi connectivity index (χ0) is 19.7. The van der Waals surface area contributed by atoms with E-state index in [0.29, 0.717) is 16.3 Å². The number of aromatic nitrogens is 1. The van der Waals surface area contributed by atoms with Gasteiger partial charge in [-0.2, -0.15) is 4.99 Å². The number of para-hydroxylation sites is 3. The van der Waals surface area contributed by atoms with Crippen molar-refractivity contribution in [3.05, 3.63) is 52.8 Å². The highest BCUT2D eigenvalue weighted by molar-refractivity contribution is 7.16. The van der Waals surface area contributed by atoms with Crippen molar-refractivity contribution < 1.29 is 23.8 Å². The summed E-state index contributed by atoms with van der Waals surface area (Å²) in [6.07, 6.45) is -0.840. The van der Waals surface area contributed by atoms with Crippen LogP contribution in [0.1, 0.15) is 5.56 Å². The molecule has 28 heavy (non-hydrogen) atoms. The van der Waals surface area contributed by atoms with Gasteiger partial charge in [0.25, 0.3) is 5.91 Å². The standard InChI is InChI=1S/C20H18N2O5S/c1-12-6-5-9-16-18(12)22(10-17(23)25-2)20(28-16)21-19(24)15-11-26-13-7-3-4-8-14(13)27-15/h3-9,15H,10-11H2,1-2H3/t15-/m1/s1. The third kappa shape index (κ3) is 3.38. The predicted octanol–water partition coefficient (Wildman–Crippen LogP) is 2.45. The largest absolute Gasteiger partial charge is 0.485 e. The second-order valence-electron chi connectivity index (χ2n) is 6.28. The third-order valence-electron chi connectivity index (χ3n) is 4.41. The average Bonchev–Trinajstić information content (AvgIpc) is 3.05.